The third-order valence-corrected chi connectivity index (χ3v) is 2.98. The molecule has 1 saturated carbocycles. The van der Waals surface area contributed by atoms with E-state index in [0.717, 1.165) is 5.92 Å². The van der Waals surface area contributed by atoms with E-state index in [9.17, 15) is 0 Å². The second kappa shape index (κ2) is 5.01. The van der Waals surface area contributed by atoms with Gasteiger partial charge in [0.2, 0.25) is 0 Å². The van der Waals surface area contributed by atoms with E-state index in [0.29, 0.717) is 18.5 Å². The van der Waals surface area contributed by atoms with Crippen molar-refractivity contribution < 1.29 is 0 Å². The highest BCUT2D eigenvalue weighted by atomic mass is 15.1. The predicted octanol–water partition coefficient (Wildman–Crippen LogP) is 1.89. The van der Waals surface area contributed by atoms with Crippen molar-refractivity contribution in [3.63, 3.8) is 0 Å². The molecule has 86 valence electrons. The van der Waals surface area contributed by atoms with Gasteiger partial charge >= 0.3 is 0 Å². The Labute approximate surface area is 96.8 Å². The van der Waals surface area contributed by atoms with Crippen molar-refractivity contribution in [1.29, 1.82) is 0 Å². The quantitative estimate of drug-likeness (QED) is 0.597. The third-order valence-electron chi connectivity index (χ3n) is 2.98. The van der Waals surface area contributed by atoms with Crippen molar-refractivity contribution >= 4 is 5.96 Å². The van der Waals surface area contributed by atoms with Crippen LogP contribution in [0, 0.1) is 5.92 Å². The largest absolute Gasteiger partial charge is 0.370 e. The topological polar surface area (TPSA) is 50.4 Å². The van der Waals surface area contributed by atoms with Gasteiger partial charge in [-0.3, -0.25) is 0 Å². The lowest BCUT2D eigenvalue weighted by atomic mass is 10.2. The number of hydrogen-bond donors (Lipinski definition) is 2. The van der Waals surface area contributed by atoms with Gasteiger partial charge in [-0.25, -0.2) is 4.99 Å². The van der Waals surface area contributed by atoms with E-state index in [2.05, 4.69) is 29.4 Å². The van der Waals surface area contributed by atoms with Crippen LogP contribution in [0.1, 0.15) is 25.3 Å². The van der Waals surface area contributed by atoms with Gasteiger partial charge in [0.25, 0.3) is 0 Å². The molecule has 0 heterocycles. The number of nitrogens with one attached hydrogen (secondary N) is 1. The van der Waals surface area contributed by atoms with E-state index in [1.807, 2.05) is 18.2 Å². The Morgan fingerprint density at radius 1 is 1.44 bits per heavy atom. The monoisotopic (exact) mass is 217 g/mol. The highest BCUT2D eigenvalue weighted by Gasteiger charge is 2.27. The Morgan fingerprint density at radius 2 is 2.12 bits per heavy atom. The summed E-state index contributed by atoms with van der Waals surface area (Å²) in [7, 11) is 0. The zero-order valence-electron chi connectivity index (χ0n) is 9.69. The van der Waals surface area contributed by atoms with Crippen molar-refractivity contribution in [2.24, 2.45) is 16.6 Å². The summed E-state index contributed by atoms with van der Waals surface area (Å²) >= 11 is 0. The first-order chi connectivity index (χ1) is 7.75. The lowest BCUT2D eigenvalue weighted by Crippen LogP contribution is -2.39. The first-order valence-corrected chi connectivity index (χ1v) is 5.86. The maximum atomic E-state index is 5.83. The number of hydrogen-bond acceptors (Lipinski definition) is 1. The molecule has 1 aliphatic carbocycles. The van der Waals surface area contributed by atoms with Gasteiger partial charge < -0.3 is 11.1 Å². The second-order valence-electron chi connectivity index (χ2n) is 4.46. The molecule has 2 rings (SSSR count). The van der Waals surface area contributed by atoms with Crippen LogP contribution in [0.15, 0.2) is 35.3 Å². The minimum atomic E-state index is 0.458. The van der Waals surface area contributed by atoms with Crippen LogP contribution in [0.3, 0.4) is 0 Å². The molecule has 16 heavy (non-hydrogen) atoms. The zero-order chi connectivity index (χ0) is 11.4. The van der Waals surface area contributed by atoms with Gasteiger partial charge in [0.1, 0.15) is 0 Å². The molecule has 0 bridgehead atoms. The lowest BCUT2D eigenvalue weighted by Gasteiger charge is -2.13. The molecule has 1 aromatic carbocycles. The summed E-state index contributed by atoms with van der Waals surface area (Å²) in [4.78, 5) is 4.33. The molecular weight excluding hydrogens is 198 g/mol. The fourth-order valence-corrected chi connectivity index (χ4v) is 1.75. The highest BCUT2D eigenvalue weighted by molar-refractivity contribution is 5.78. The second-order valence-corrected chi connectivity index (χ2v) is 4.46. The van der Waals surface area contributed by atoms with Gasteiger partial charge in [0.15, 0.2) is 5.96 Å². The summed E-state index contributed by atoms with van der Waals surface area (Å²) in [5.41, 5.74) is 7.01. The molecular formula is C13H19N3. The SMILES string of the molecule is CC(NC(N)=NCc1ccccc1)C1CC1. The number of benzene rings is 1. The average molecular weight is 217 g/mol. The lowest BCUT2D eigenvalue weighted by molar-refractivity contribution is 0.583. The molecule has 1 aliphatic rings. The zero-order valence-corrected chi connectivity index (χ0v) is 9.69. The predicted molar refractivity (Wildman–Crippen MR) is 67.1 cm³/mol. The van der Waals surface area contributed by atoms with Crippen molar-refractivity contribution in [3.8, 4) is 0 Å². The van der Waals surface area contributed by atoms with Gasteiger partial charge in [-0.2, -0.15) is 0 Å². The molecule has 3 heteroatoms. The smallest absolute Gasteiger partial charge is 0.189 e. The highest BCUT2D eigenvalue weighted by Crippen LogP contribution is 2.32. The maximum Gasteiger partial charge on any atom is 0.189 e. The minimum Gasteiger partial charge on any atom is -0.370 e. The van der Waals surface area contributed by atoms with Crippen LogP contribution in [0.5, 0.6) is 0 Å². The van der Waals surface area contributed by atoms with Crippen LogP contribution in [0.4, 0.5) is 0 Å². The first kappa shape index (κ1) is 11.0. The number of guanidine groups is 1. The summed E-state index contributed by atoms with van der Waals surface area (Å²) in [5, 5.41) is 3.24. The summed E-state index contributed by atoms with van der Waals surface area (Å²) in [6.45, 7) is 2.82. The van der Waals surface area contributed by atoms with Crippen LogP contribution < -0.4 is 11.1 Å². The Kier molecular flexibility index (Phi) is 3.44. The van der Waals surface area contributed by atoms with E-state index >= 15 is 0 Å². The molecule has 0 aromatic heterocycles. The van der Waals surface area contributed by atoms with Crippen molar-refractivity contribution in [1.82, 2.24) is 5.32 Å². The van der Waals surface area contributed by atoms with Crippen molar-refractivity contribution in [3.05, 3.63) is 35.9 Å². The van der Waals surface area contributed by atoms with E-state index < -0.39 is 0 Å². The Morgan fingerprint density at radius 3 is 2.75 bits per heavy atom. The maximum absolute atomic E-state index is 5.83. The summed E-state index contributed by atoms with van der Waals surface area (Å²) in [5.74, 6) is 1.36. The van der Waals surface area contributed by atoms with E-state index in [1.54, 1.807) is 0 Å². The van der Waals surface area contributed by atoms with Gasteiger partial charge in [0, 0.05) is 6.04 Å². The Bertz CT molecular complexity index is 355. The van der Waals surface area contributed by atoms with Gasteiger partial charge in [-0.15, -0.1) is 0 Å². The van der Waals surface area contributed by atoms with E-state index in [-0.39, 0.29) is 0 Å². The van der Waals surface area contributed by atoms with E-state index in [1.165, 1.54) is 18.4 Å². The number of aliphatic imine (C=N–C) groups is 1. The molecule has 1 atom stereocenters. The van der Waals surface area contributed by atoms with E-state index in [4.69, 9.17) is 5.73 Å². The molecule has 3 N–H and O–H groups in total. The fraction of sp³-hybridized carbons (Fsp3) is 0.462. The average Bonchev–Trinajstić information content (AvgIpc) is 3.11. The summed E-state index contributed by atoms with van der Waals surface area (Å²) < 4.78 is 0. The Balaban J connectivity index is 1.82. The molecule has 1 unspecified atom stereocenters. The van der Waals surface area contributed by atoms with Crippen molar-refractivity contribution in [2.75, 3.05) is 0 Å². The van der Waals surface area contributed by atoms with Gasteiger partial charge in [-0.05, 0) is 31.2 Å². The normalized spacial score (nSPS) is 18.2. The molecule has 1 aromatic rings. The van der Waals surface area contributed by atoms with Crippen LogP contribution in [-0.2, 0) is 6.54 Å². The molecule has 1 fully saturated rings. The minimum absolute atomic E-state index is 0.458. The fourth-order valence-electron chi connectivity index (χ4n) is 1.75. The van der Waals surface area contributed by atoms with Gasteiger partial charge in [0.05, 0.1) is 6.54 Å². The molecule has 0 aliphatic heterocycles. The van der Waals surface area contributed by atoms with Crippen LogP contribution >= 0.6 is 0 Å². The number of nitrogens with two attached hydrogens (primary N) is 1. The standard InChI is InChI=1S/C13H19N3/c1-10(12-7-8-12)16-13(14)15-9-11-5-3-2-4-6-11/h2-6,10,12H,7-9H2,1H3,(H3,14,15,16). The number of rotatable bonds is 4. The van der Waals surface area contributed by atoms with Crippen LogP contribution in [0.25, 0.3) is 0 Å². The van der Waals surface area contributed by atoms with Crippen molar-refractivity contribution in [2.45, 2.75) is 32.4 Å². The molecule has 0 radical (unpaired) electrons. The Hall–Kier alpha value is -1.51. The molecule has 0 amide bonds. The summed E-state index contributed by atoms with van der Waals surface area (Å²) in [6.07, 6.45) is 2.64. The first-order valence-electron chi connectivity index (χ1n) is 5.86. The third kappa shape index (κ3) is 3.26. The van der Waals surface area contributed by atoms with Crippen LogP contribution in [-0.4, -0.2) is 12.0 Å². The number of nitrogens with zero attached hydrogens (tertiary/aromatic N) is 1. The molecule has 3 nitrogen and oxygen atoms in total. The molecule has 0 saturated heterocycles. The molecule has 0 spiro atoms. The summed E-state index contributed by atoms with van der Waals surface area (Å²) in [6, 6.07) is 10.6. The van der Waals surface area contributed by atoms with Crippen LogP contribution in [0.2, 0.25) is 0 Å². The van der Waals surface area contributed by atoms with Gasteiger partial charge in [-0.1, -0.05) is 30.3 Å².